The second-order valence-corrected chi connectivity index (χ2v) is 9.20. The maximum atomic E-state index is 5.78. The summed E-state index contributed by atoms with van der Waals surface area (Å²) in [7, 11) is 0. The van der Waals surface area contributed by atoms with Gasteiger partial charge in [-0.2, -0.15) is 5.10 Å². The number of piperazine rings is 1. The van der Waals surface area contributed by atoms with Crippen molar-refractivity contribution in [3.05, 3.63) is 82.2 Å². The molecule has 0 spiro atoms. The van der Waals surface area contributed by atoms with Crippen molar-refractivity contribution in [2.45, 2.75) is 40.8 Å². The maximum absolute atomic E-state index is 5.78. The largest absolute Gasteiger partial charge is 0.346 e. The molecule has 0 saturated carbocycles. The van der Waals surface area contributed by atoms with E-state index in [0.29, 0.717) is 0 Å². The fourth-order valence-electron chi connectivity index (χ4n) is 4.23. The Balaban J connectivity index is 1.35. The number of benzene rings is 2. The summed E-state index contributed by atoms with van der Waals surface area (Å²) >= 11 is 5.78. The van der Waals surface area contributed by atoms with Crippen molar-refractivity contribution in [3.63, 3.8) is 0 Å². The standard InChI is InChI=1S/C26H33N5S/c1-19-9-11-23(12-10-19)17-29-13-15-30(16-14-29)26(32)27-25-21(3)28-31(22(25)4)18-24-8-6-5-7-20(24)2/h5-12H,13-18H2,1-4H3,(H,27,32). The molecule has 1 fully saturated rings. The van der Waals surface area contributed by atoms with E-state index in [1.165, 1.54) is 22.3 Å². The summed E-state index contributed by atoms with van der Waals surface area (Å²) in [5, 5.41) is 9.07. The smallest absolute Gasteiger partial charge is 0.173 e. The van der Waals surface area contributed by atoms with Crippen LogP contribution in [0.4, 0.5) is 5.69 Å². The summed E-state index contributed by atoms with van der Waals surface area (Å²) in [5.41, 5.74) is 8.39. The molecule has 32 heavy (non-hydrogen) atoms. The van der Waals surface area contributed by atoms with Crippen molar-refractivity contribution in [2.24, 2.45) is 0 Å². The number of hydrogen-bond acceptors (Lipinski definition) is 3. The number of hydrogen-bond donors (Lipinski definition) is 1. The van der Waals surface area contributed by atoms with Crippen LogP contribution in [-0.4, -0.2) is 50.9 Å². The number of aryl methyl sites for hydroxylation is 3. The van der Waals surface area contributed by atoms with Crippen LogP contribution in [0.25, 0.3) is 0 Å². The van der Waals surface area contributed by atoms with Gasteiger partial charge in [-0.25, -0.2) is 0 Å². The molecule has 0 unspecified atom stereocenters. The number of nitrogens with zero attached hydrogens (tertiary/aromatic N) is 4. The lowest BCUT2D eigenvalue weighted by atomic mass is 10.1. The predicted molar refractivity (Wildman–Crippen MR) is 136 cm³/mol. The van der Waals surface area contributed by atoms with Gasteiger partial charge in [0.15, 0.2) is 5.11 Å². The molecule has 0 amide bonds. The van der Waals surface area contributed by atoms with E-state index in [9.17, 15) is 0 Å². The van der Waals surface area contributed by atoms with Gasteiger partial charge in [0.05, 0.1) is 23.6 Å². The van der Waals surface area contributed by atoms with Crippen molar-refractivity contribution < 1.29 is 0 Å². The molecule has 4 rings (SSSR count). The molecule has 2 aromatic carbocycles. The lowest BCUT2D eigenvalue weighted by Crippen LogP contribution is -2.49. The molecule has 1 N–H and O–H groups in total. The van der Waals surface area contributed by atoms with Crippen molar-refractivity contribution in [2.75, 3.05) is 31.5 Å². The van der Waals surface area contributed by atoms with Crippen LogP contribution in [0.1, 0.15) is 33.6 Å². The normalized spacial score (nSPS) is 14.6. The molecule has 0 radical (unpaired) electrons. The van der Waals surface area contributed by atoms with Gasteiger partial charge >= 0.3 is 0 Å². The maximum Gasteiger partial charge on any atom is 0.173 e. The highest BCUT2D eigenvalue weighted by atomic mass is 32.1. The molecule has 0 atom stereocenters. The SMILES string of the molecule is Cc1ccc(CN2CCN(C(=S)Nc3c(C)nn(Cc4ccccc4C)c3C)CC2)cc1. The molecule has 0 aliphatic carbocycles. The third kappa shape index (κ3) is 5.19. The van der Waals surface area contributed by atoms with Gasteiger partial charge in [-0.15, -0.1) is 0 Å². The van der Waals surface area contributed by atoms with Gasteiger partial charge in [-0.3, -0.25) is 9.58 Å². The number of thiocarbonyl (C=S) groups is 1. The summed E-state index contributed by atoms with van der Waals surface area (Å²) in [6, 6.07) is 17.3. The van der Waals surface area contributed by atoms with Gasteiger partial charge < -0.3 is 10.2 Å². The van der Waals surface area contributed by atoms with E-state index in [0.717, 1.165) is 61.5 Å². The van der Waals surface area contributed by atoms with Crippen LogP contribution >= 0.6 is 12.2 Å². The van der Waals surface area contributed by atoms with E-state index >= 15 is 0 Å². The minimum atomic E-state index is 0.769. The fourth-order valence-corrected chi connectivity index (χ4v) is 4.51. The minimum absolute atomic E-state index is 0.769. The molecule has 1 saturated heterocycles. The zero-order valence-corrected chi connectivity index (χ0v) is 20.4. The highest BCUT2D eigenvalue weighted by Crippen LogP contribution is 2.22. The molecular formula is C26H33N5S. The molecule has 0 bridgehead atoms. The van der Waals surface area contributed by atoms with E-state index in [4.69, 9.17) is 17.3 Å². The predicted octanol–water partition coefficient (Wildman–Crippen LogP) is 4.68. The van der Waals surface area contributed by atoms with Gasteiger partial charge in [0.25, 0.3) is 0 Å². The molecule has 5 nitrogen and oxygen atoms in total. The van der Waals surface area contributed by atoms with Crippen LogP contribution in [0, 0.1) is 27.7 Å². The van der Waals surface area contributed by atoms with Crippen molar-refractivity contribution in [3.8, 4) is 0 Å². The van der Waals surface area contributed by atoms with Crippen molar-refractivity contribution >= 4 is 23.0 Å². The zero-order chi connectivity index (χ0) is 22.7. The summed E-state index contributed by atoms with van der Waals surface area (Å²) in [4.78, 5) is 4.78. The monoisotopic (exact) mass is 447 g/mol. The summed E-state index contributed by atoms with van der Waals surface area (Å²) in [6.45, 7) is 14.1. The van der Waals surface area contributed by atoms with Crippen molar-refractivity contribution in [1.29, 1.82) is 0 Å². The topological polar surface area (TPSA) is 36.3 Å². The first kappa shape index (κ1) is 22.5. The van der Waals surface area contributed by atoms with E-state index < -0.39 is 0 Å². The van der Waals surface area contributed by atoms with Crippen LogP contribution in [0.15, 0.2) is 48.5 Å². The molecule has 168 valence electrons. The summed E-state index contributed by atoms with van der Waals surface area (Å²) in [6.07, 6.45) is 0. The highest BCUT2D eigenvalue weighted by molar-refractivity contribution is 7.80. The number of anilines is 1. The first-order chi connectivity index (χ1) is 15.4. The van der Waals surface area contributed by atoms with Crippen LogP contribution < -0.4 is 5.32 Å². The third-order valence-electron chi connectivity index (χ3n) is 6.38. The average Bonchev–Trinajstić information content (AvgIpc) is 3.05. The number of rotatable bonds is 5. The molecule has 1 aromatic heterocycles. The molecule has 1 aliphatic heterocycles. The molecular weight excluding hydrogens is 414 g/mol. The quantitative estimate of drug-likeness (QED) is 0.575. The lowest BCUT2D eigenvalue weighted by Gasteiger charge is -2.36. The minimum Gasteiger partial charge on any atom is -0.346 e. The number of aromatic nitrogens is 2. The Kier molecular flexibility index (Phi) is 6.92. The Bertz CT molecular complexity index is 1080. The Morgan fingerprint density at radius 3 is 2.28 bits per heavy atom. The molecule has 1 aliphatic rings. The fraction of sp³-hybridized carbons (Fsp3) is 0.385. The van der Waals surface area contributed by atoms with Gasteiger partial charge in [-0.1, -0.05) is 54.1 Å². The third-order valence-corrected chi connectivity index (χ3v) is 6.74. The summed E-state index contributed by atoms with van der Waals surface area (Å²) in [5.74, 6) is 0. The first-order valence-corrected chi connectivity index (χ1v) is 11.7. The lowest BCUT2D eigenvalue weighted by molar-refractivity contribution is 0.177. The van der Waals surface area contributed by atoms with Gasteiger partial charge in [0.2, 0.25) is 0 Å². The summed E-state index contributed by atoms with van der Waals surface area (Å²) < 4.78 is 2.07. The van der Waals surface area contributed by atoms with Crippen LogP contribution in [0.2, 0.25) is 0 Å². The molecule has 6 heteroatoms. The van der Waals surface area contributed by atoms with Crippen LogP contribution in [0.5, 0.6) is 0 Å². The first-order valence-electron chi connectivity index (χ1n) is 11.3. The van der Waals surface area contributed by atoms with Crippen LogP contribution in [-0.2, 0) is 13.1 Å². The second-order valence-electron chi connectivity index (χ2n) is 8.81. The van der Waals surface area contributed by atoms with E-state index in [1.54, 1.807) is 0 Å². The van der Waals surface area contributed by atoms with E-state index in [2.05, 4.69) is 89.1 Å². The Morgan fingerprint density at radius 1 is 0.906 bits per heavy atom. The molecule has 3 aromatic rings. The van der Waals surface area contributed by atoms with Crippen LogP contribution in [0.3, 0.4) is 0 Å². The average molecular weight is 448 g/mol. The van der Waals surface area contributed by atoms with Gasteiger partial charge in [-0.05, 0) is 56.6 Å². The Hall–Kier alpha value is -2.70. The van der Waals surface area contributed by atoms with E-state index in [1.807, 2.05) is 6.92 Å². The van der Waals surface area contributed by atoms with E-state index in [-0.39, 0.29) is 0 Å². The highest BCUT2D eigenvalue weighted by Gasteiger charge is 2.21. The molecule has 2 heterocycles. The zero-order valence-electron chi connectivity index (χ0n) is 19.6. The Morgan fingerprint density at radius 2 is 1.59 bits per heavy atom. The van der Waals surface area contributed by atoms with Gasteiger partial charge in [0, 0.05) is 32.7 Å². The second kappa shape index (κ2) is 9.84. The Labute approximate surface area is 197 Å². The van der Waals surface area contributed by atoms with Gasteiger partial charge in [0.1, 0.15) is 0 Å². The van der Waals surface area contributed by atoms with Crippen molar-refractivity contribution in [1.82, 2.24) is 19.6 Å². The number of nitrogens with one attached hydrogen (secondary N) is 1.